The van der Waals surface area contributed by atoms with Gasteiger partial charge in [0.15, 0.2) is 0 Å². The Labute approximate surface area is 171 Å². The number of morpholine rings is 1. The van der Waals surface area contributed by atoms with Gasteiger partial charge in [-0.2, -0.15) is 9.41 Å². The third-order valence-corrected chi connectivity index (χ3v) is 7.67. The number of hydrogen-bond donors (Lipinski definition) is 1. The van der Waals surface area contributed by atoms with E-state index in [-0.39, 0.29) is 11.9 Å². The molecule has 2 aliphatic heterocycles. The topological polar surface area (TPSA) is 91.3 Å². The molecule has 0 aromatic heterocycles. The Morgan fingerprint density at radius 1 is 1.24 bits per heavy atom. The normalized spacial score (nSPS) is 22.4. The van der Waals surface area contributed by atoms with Crippen LogP contribution in [-0.4, -0.2) is 68.7 Å². The Balaban J connectivity index is 1.42. The van der Waals surface area contributed by atoms with E-state index in [0.717, 1.165) is 42.6 Å². The van der Waals surface area contributed by atoms with Crippen molar-refractivity contribution in [1.82, 2.24) is 14.6 Å². The molecule has 4 rings (SSSR count). The maximum Gasteiger partial charge on any atom is 0.243 e. The molecule has 3 aliphatic rings. The zero-order valence-corrected chi connectivity index (χ0v) is 17.6. The summed E-state index contributed by atoms with van der Waals surface area (Å²) >= 11 is 0. The fraction of sp³-hybridized carbons (Fsp3) is 0.600. The summed E-state index contributed by atoms with van der Waals surface area (Å²) in [6, 6.07) is 5.17. The highest BCUT2D eigenvalue weighted by Crippen LogP contribution is 2.33. The second-order valence-electron chi connectivity index (χ2n) is 7.82. The lowest BCUT2D eigenvalue weighted by atomic mass is 10.1. The summed E-state index contributed by atoms with van der Waals surface area (Å²) in [5, 5.41) is 9.42. The number of hydrazone groups is 1. The van der Waals surface area contributed by atoms with Crippen LogP contribution in [0.2, 0.25) is 0 Å². The van der Waals surface area contributed by atoms with Crippen LogP contribution in [0.15, 0.2) is 28.2 Å². The van der Waals surface area contributed by atoms with Gasteiger partial charge in [0, 0.05) is 44.7 Å². The number of amides is 1. The summed E-state index contributed by atoms with van der Waals surface area (Å²) in [6.07, 6.45) is 2.98. The van der Waals surface area contributed by atoms with Crippen LogP contribution in [0.3, 0.4) is 0 Å². The average Bonchev–Trinajstić information content (AvgIpc) is 3.33. The monoisotopic (exact) mass is 420 g/mol. The highest BCUT2D eigenvalue weighted by molar-refractivity contribution is 7.89. The molecule has 8 nitrogen and oxygen atoms in total. The van der Waals surface area contributed by atoms with Crippen molar-refractivity contribution >= 4 is 21.6 Å². The SMILES string of the molecule is CC1=NN(CCC(=O)N[C@@H]2CCc3ccc(S(=O)(=O)N4CCOCC4)cc32)CC1. The molecule has 1 aromatic carbocycles. The maximum absolute atomic E-state index is 13.0. The van der Waals surface area contributed by atoms with Crippen molar-refractivity contribution in [3.05, 3.63) is 29.3 Å². The number of fused-ring (bicyclic) bond motifs is 1. The highest BCUT2D eigenvalue weighted by Gasteiger charge is 2.30. The quantitative estimate of drug-likeness (QED) is 0.749. The van der Waals surface area contributed by atoms with Crippen molar-refractivity contribution in [3.8, 4) is 0 Å². The van der Waals surface area contributed by atoms with Crippen molar-refractivity contribution in [2.75, 3.05) is 39.4 Å². The number of carbonyl (C=O) groups excluding carboxylic acids is 1. The van der Waals surface area contributed by atoms with Crippen LogP contribution in [0, 0.1) is 0 Å². The van der Waals surface area contributed by atoms with Crippen LogP contribution in [0.1, 0.15) is 43.4 Å². The van der Waals surface area contributed by atoms with Crippen molar-refractivity contribution in [1.29, 1.82) is 0 Å². The van der Waals surface area contributed by atoms with Gasteiger partial charge in [-0.15, -0.1) is 0 Å². The minimum absolute atomic E-state index is 0.0240. The van der Waals surface area contributed by atoms with Crippen LogP contribution in [0.25, 0.3) is 0 Å². The first-order valence-electron chi connectivity index (χ1n) is 10.2. The minimum Gasteiger partial charge on any atom is -0.379 e. The molecule has 29 heavy (non-hydrogen) atoms. The van der Waals surface area contributed by atoms with Gasteiger partial charge in [-0.3, -0.25) is 9.80 Å². The van der Waals surface area contributed by atoms with E-state index < -0.39 is 10.0 Å². The molecule has 0 unspecified atom stereocenters. The molecular weight excluding hydrogens is 392 g/mol. The first-order valence-corrected chi connectivity index (χ1v) is 11.7. The molecule has 0 bridgehead atoms. The number of hydrogen-bond acceptors (Lipinski definition) is 6. The lowest BCUT2D eigenvalue weighted by Crippen LogP contribution is -2.40. The van der Waals surface area contributed by atoms with Gasteiger partial charge in [-0.25, -0.2) is 8.42 Å². The minimum atomic E-state index is -3.54. The van der Waals surface area contributed by atoms with Crippen LogP contribution in [-0.2, 0) is 26.0 Å². The molecule has 2 heterocycles. The largest absolute Gasteiger partial charge is 0.379 e. The van der Waals surface area contributed by atoms with Crippen LogP contribution < -0.4 is 5.32 Å². The Hall–Kier alpha value is -1.97. The van der Waals surface area contributed by atoms with Crippen molar-refractivity contribution in [3.63, 3.8) is 0 Å². The Kier molecular flexibility index (Phi) is 5.89. The molecule has 0 spiro atoms. The molecule has 0 saturated carbocycles. The summed E-state index contributed by atoms with van der Waals surface area (Å²) < 4.78 is 32.7. The zero-order chi connectivity index (χ0) is 20.4. The van der Waals surface area contributed by atoms with Gasteiger partial charge in [-0.1, -0.05) is 6.07 Å². The van der Waals surface area contributed by atoms with Crippen LogP contribution >= 0.6 is 0 Å². The summed E-state index contributed by atoms with van der Waals surface area (Å²) in [7, 11) is -3.54. The van der Waals surface area contributed by atoms with Gasteiger partial charge in [-0.05, 0) is 43.0 Å². The van der Waals surface area contributed by atoms with E-state index >= 15 is 0 Å². The zero-order valence-electron chi connectivity index (χ0n) is 16.8. The third kappa shape index (κ3) is 4.46. The van der Waals surface area contributed by atoms with Gasteiger partial charge in [0.2, 0.25) is 15.9 Å². The maximum atomic E-state index is 13.0. The van der Waals surface area contributed by atoms with E-state index in [1.165, 1.54) is 4.31 Å². The number of nitrogens with zero attached hydrogens (tertiary/aromatic N) is 3. The number of benzene rings is 1. The molecule has 1 N–H and O–H groups in total. The average molecular weight is 421 g/mol. The van der Waals surface area contributed by atoms with E-state index in [9.17, 15) is 13.2 Å². The van der Waals surface area contributed by atoms with E-state index in [2.05, 4.69) is 10.4 Å². The number of sulfonamides is 1. The molecule has 1 aromatic rings. The fourth-order valence-electron chi connectivity index (χ4n) is 4.12. The molecule has 9 heteroatoms. The first-order chi connectivity index (χ1) is 13.9. The predicted octanol–water partition coefficient (Wildman–Crippen LogP) is 1.28. The van der Waals surface area contributed by atoms with Crippen molar-refractivity contribution in [2.24, 2.45) is 5.10 Å². The number of carbonyl (C=O) groups is 1. The van der Waals surface area contributed by atoms with Gasteiger partial charge in [0.05, 0.1) is 24.2 Å². The van der Waals surface area contributed by atoms with Crippen molar-refractivity contribution < 1.29 is 17.9 Å². The summed E-state index contributed by atoms with van der Waals surface area (Å²) in [5.41, 5.74) is 3.13. The Morgan fingerprint density at radius 2 is 2.03 bits per heavy atom. The Morgan fingerprint density at radius 3 is 2.76 bits per heavy atom. The fourth-order valence-corrected chi connectivity index (χ4v) is 5.56. The Bertz CT molecular complexity index is 909. The smallest absolute Gasteiger partial charge is 0.243 e. The van der Waals surface area contributed by atoms with E-state index in [4.69, 9.17) is 4.74 Å². The lowest BCUT2D eigenvalue weighted by Gasteiger charge is -2.26. The van der Waals surface area contributed by atoms with E-state index in [1.54, 1.807) is 12.1 Å². The van der Waals surface area contributed by atoms with E-state index in [1.807, 2.05) is 18.0 Å². The molecule has 1 fully saturated rings. The van der Waals surface area contributed by atoms with E-state index in [0.29, 0.717) is 44.2 Å². The lowest BCUT2D eigenvalue weighted by molar-refractivity contribution is -0.122. The second-order valence-corrected chi connectivity index (χ2v) is 9.76. The first kappa shape index (κ1) is 20.3. The van der Waals surface area contributed by atoms with Crippen LogP contribution in [0.5, 0.6) is 0 Å². The molecule has 1 aliphatic carbocycles. The number of aryl methyl sites for hydroxylation is 1. The van der Waals surface area contributed by atoms with Gasteiger partial charge in [0.1, 0.15) is 0 Å². The van der Waals surface area contributed by atoms with Gasteiger partial charge >= 0.3 is 0 Å². The standard InChI is InChI=1S/C20H28N4O4S/c1-15-6-8-23(22-15)9-7-20(25)21-19-5-3-16-2-4-17(14-18(16)19)29(26,27)24-10-12-28-13-11-24/h2,4,14,19H,3,5-13H2,1H3,(H,21,25)/t19-/m1/s1. The third-order valence-electron chi connectivity index (χ3n) is 5.78. The summed E-state index contributed by atoms with van der Waals surface area (Å²) in [5.74, 6) is -0.0240. The van der Waals surface area contributed by atoms with Gasteiger partial charge < -0.3 is 10.1 Å². The highest BCUT2D eigenvalue weighted by atomic mass is 32.2. The summed E-state index contributed by atoms with van der Waals surface area (Å²) in [6.45, 7) is 5.06. The molecule has 1 saturated heterocycles. The van der Waals surface area contributed by atoms with Crippen molar-refractivity contribution in [2.45, 2.75) is 43.5 Å². The van der Waals surface area contributed by atoms with Gasteiger partial charge in [0.25, 0.3) is 0 Å². The molecule has 1 amide bonds. The number of nitrogens with one attached hydrogen (secondary N) is 1. The summed E-state index contributed by atoms with van der Waals surface area (Å²) in [4.78, 5) is 12.7. The van der Waals surface area contributed by atoms with Crippen LogP contribution in [0.4, 0.5) is 0 Å². The predicted molar refractivity (Wildman–Crippen MR) is 109 cm³/mol. The molecule has 158 valence electrons. The molecule has 1 atom stereocenters. The number of ether oxygens (including phenoxy) is 1. The second kappa shape index (κ2) is 8.41. The molecule has 0 radical (unpaired) electrons. The molecular formula is C20H28N4O4S. The number of rotatable bonds is 6.